The van der Waals surface area contributed by atoms with Crippen LogP contribution in [0.25, 0.3) is 5.57 Å². The van der Waals surface area contributed by atoms with E-state index in [2.05, 4.69) is 55.3 Å². The van der Waals surface area contributed by atoms with Crippen molar-refractivity contribution in [3.05, 3.63) is 65.7 Å². The Morgan fingerprint density at radius 2 is 1.52 bits per heavy atom. The van der Waals surface area contributed by atoms with E-state index in [-0.39, 0.29) is 5.54 Å². The molecule has 0 fully saturated rings. The average molecular weight is 463 g/mol. The summed E-state index contributed by atoms with van der Waals surface area (Å²) in [6, 6.07) is 15.1. The number of nitrogens with zero attached hydrogens (tertiary/aromatic N) is 1. The molecule has 2 nitrogen and oxygen atoms in total. The van der Waals surface area contributed by atoms with Crippen LogP contribution in [0.3, 0.4) is 0 Å². The second-order valence-corrected chi connectivity index (χ2v) is 10.1. The van der Waals surface area contributed by atoms with Gasteiger partial charge in [0.1, 0.15) is 5.75 Å². The Kier molecular flexibility index (Phi) is 5.14. The minimum absolute atomic E-state index is 0.146. The van der Waals surface area contributed by atoms with Crippen molar-refractivity contribution in [3.63, 3.8) is 0 Å². The summed E-state index contributed by atoms with van der Waals surface area (Å²) >= 11 is 0. The molecule has 0 bridgehead atoms. The zero-order valence-electron chi connectivity index (χ0n) is 17.4. The molecule has 0 radical (unpaired) electrons. The van der Waals surface area contributed by atoms with Crippen molar-refractivity contribution in [1.29, 1.82) is 0 Å². The van der Waals surface area contributed by atoms with Gasteiger partial charge in [-0.2, -0.15) is 4.58 Å². The maximum atomic E-state index is 9.87. The number of hydrogen-bond donors (Lipinski definition) is 0. The van der Waals surface area contributed by atoms with Crippen molar-refractivity contribution in [2.45, 2.75) is 38.6 Å². The molecule has 0 spiro atoms. The topological polar surface area (TPSA) is 12.2 Å². The number of hydrogen-bond acceptors (Lipinski definition) is 1. The van der Waals surface area contributed by atoms with Gasteiger partial charge in [0.05, 0.1) is 12.7 Å². The van der Waals surface area contributed by atoms with E-state index < -0.39 is 7.81 Å². The van der Waals surface area contributed by atoms with E-state index in [1.54, 1.807) is 7.11 Å². The van der Waals surface area contributed by atoms with E-state index >= 15 is 0 Å². The zero-order valence-corrected chi connectivity index (χ0v) is 18.3. The van der Waals surface area contributed by atoms with Crippen LogP contribution in [0.4, 0.5) is 30.9 Å². The molecule has 2 aromatic rings. The summed E-state index contributed by atoms with van der Waals surface area (Å²) in [6.45, 7) is 9.02. The van der Waals surface area contributed by atoms with Gasteiger partial charge < -0.3 is 4.74 Å². The SMILES string of the molecule is C=C1c2cccc3c2C(=[N+](c2ccc(OC)cc2)C1(C)C)CCC3.F[P-](F)(F)(F)(F)F. The van der Waals surface area contributed by atoms with E-state index in [4.69, 9.17) is 4.74 Å². The third-order valence-corrected chi connectivity index (χ3v) is 5.52. The van der Waals surface area contributed by atoms with Crippen molar-refractivity contribution >= 4 is 24.8 Å². The predicted octanol–water partition coefficient (Wildman–Crippen LogP) is 8.35. The third kappa shape index (κ3) is 5.48. The molecule has 0 unspecified atom stereocenters. The van der Waals surface area contributed by atoms with Gasteiger partial charge in [0.25, 0.3) is 0 Å². The van der Waals surface area contributed by atoms with Crippen LogP contribution in [0, 0.1) is 0 Å². The first-order valence-electron chi connectivity index (χ1n) is 9.67. The molecule has 2 aliphatic rings. The first-order chi connectivity index (χ1) is 14.0. The number of ether oxygens (including phenoxy) is 1. The number of methoxy groups -OCH3 is 1. The van der Waals surface area contributed by atoms with E-state index in [1.807, 2.05) is 12.1 Å². The molecule has 9 heteroatoms. The predicted molar refractivity (Wildman–Crippen MR) is 113 cm³/mol. The molecular weight excluding hydrogens is 439 g/mol. The van der Waals surface area contributed by atoms with Gasteiger partial charge in [0.2, 0.25) is 5.69 Å². The number of halogens is 6. The van der Waals surface area contributed by atoms with Crippen LogP contribution in [0.1, 0.15) is 43.4 Å². The average Bonchev–Trinajstić information content (AvgIpc) is 2.64. The molecule has 0 amide bonds. The van der Waals surface area contributed by atoms with Gasteiger partial charge in [0.15, 0.2) is 11.3 Å². The van der Waals surface area contributed by atoms with Crippen molar-refractivity contribution in [2.24, 2.45) is 0 Å². The van der Waals surface area contributed by atoms with Gasteiger partial charge in [-0.1, -0.05) is 24.8 Å². The Balaban J connectivity index is 0.000000339. The Morgan fingerprint density at radius 3 is 2.06 bits per heavy atom. The summed E-state index contributed by atoms with van der Waals surface area (Å²) in [5.41, 5.74) is 7.91. The van der Waals surface area contributed by atoms with E-state index in [0.717, 1.165) is 18.6 Å². The van der Waals surface area contributed by atoms with Crippen molar-refractivity contribution in [3.8, 4) is 5.75 Å². The molecule has 31 heavy (non-hydrogen) atoms. The van der Waals surface area contributed by atoms with Crippen LogP contribution in [-0.4, -0.2) is 22.9 Å². The van der Waals surface area contributed by atoms with E-state index in [1.165, 1.54) is 40.1 Å². The quantitative estimate of drug-likeness (QED) is 0.248. The second kappa shape index (κ2) is 6.83. The summed E-state index contributed by atoms with van der Waals surface area (Å²) in [5.74, 6) is 0.891. The van der Waals surface area contributed by atoms with Crippen LogP contribution >= 0.6 is 7.81 Å². The van der Waals surface area contributed by atoms with Crippen LogP contribution in [0.2, 0.25) is 0 Å². The molecule has 4 rings (SSSR count). The molecule has 0 N–H and O–H groups in total. The van der Waals surface area contributed by atoms with Gasteiger partial charge >= 0.3 is 33.0 Å². The number of aryl methyl sites for hydroxylation is 1. The van der Waals surface area contributed by atoms with Crippen molar-refractivity contribution in [1.82, 2.24) is 0 Å². The van der Waals surface area contributed by atoms with E-state index in [9.17, 15) is 25.2 Å². The molecule has 0 aromatic heterocycles. The molecule has 1 aliphatic carbocycles. The Labute approximate surface area is 177 Å². The molecule has 0 saturated heterocycles. The zero-order chi connectivity index (χ0) is 23.3. The summed E-state index contributed by atoms with van der Waals surface area (Å²) in [5, 5.41) is 0. The summed E-state index contributed by atoms with van der Waals surface area (Å²) in [4.78, 5) is 0. The van der Waals surface area contributed by atoms with Crippen molar-refractivity contribution < 1.29 is 34.5 Å². The molecular formula is C22H24F6NOP. The minimum atomic E-state index is -10.7. The Morgan fingerprint density at radius 1 is 0.935 bits per heavy atom. The van der Waals surface area contributed by atoms with Gasteiger partial charge in [0, 0.05) is 38.0 Å². The summed E-state index contributed by atoms with van der Waals surface area (Å²) in [6.07, 6.45) is 3.49. The second-order valence-electron chi connectivity index (χ2n) is 8.17. The first-order valence-corrected chi connectivity index (χ1v) is 11.7. The Hall–Kier alpha value is -2.34. The van der Waals surface area contributed by atoms with Gasteiger partial charge in [-0.25, -0.2) is 0 Å². The van der Waals surface area contributed by atoms with Crippen LogP contribution in [0.15, 0.2) is 49.0 Å². The van der Waals surface area contributed by atoms with Crippen LogP contribution in [0.5, 0.6) is 5.75 Å². The summed E-state index contributed by atoms with van der Waals surface area (Å²) in [7, 11) is -8.95. The molecule has 1 aliphatic heterocycles. The molecule has 170 valence electrons. The van der Waals surface area contributed by atoms with Crippen LogP contribution in [-0.2, 0) is 6.42 Å². The molecule has 0 atom stereocenters. The monoisotopic (exact) mass is 463 g/mol. The number of rotatable bonds is 2. The molecule has 2 aromatic carbocycles. The summed E-state index contributed by atoms with van der Waals surface area (Å²) < 4.78 is 67.0. The fourth-order valence-corrected chi connectivity index (χ4v) is 4.21. The van der Waals surface area contributed by atoms with Gasteiger partial charge in [-0.3, -0.25) is 0 Å². The molecule has 1 heterocycles. The number of benzene rings is 2. The van der Waals surface area contributed by atoms with Crippen molar-refractivity contribution in [2.75, 3.05) is 7.11 Å². The van der Waals surface area contributed by atoms with Gasteiger partial charge in [-0.15, -0.1) is 0 Å². The fourth-order valence-electron chi connectivity index (χ4n) is 4.21. The Bertz CT molecular complexity index is 1060. The van der Waals surface area contributed by atoms with Gasteiger partial charge in [-0.05, 0) is 36.1 Å². The third-order valence-electron chi connectivity index (χ3n) is 5.52. The van der Waals surface area contributed by atoms with Crippen LogP contribution < -0.4 is 4.74 Å². The molecule has 0 saturated carbocycles. The standard InChI is InChI=1S/C22H24NO.F6P/c1-15-19-9-5-7-16-8-6-10-20(21(16)19)23(22(15,2)3)17-11-13-18(24-4)14-12-17;1-7(2,3,4,5)6/h5,7,9,11-14H,1,6,8,10H2,2-4H3;/q+1;-1. The first kappa shape index (κ1) is 23.3. The maximum absolute atomic E-state index is 10.7. The van der Waals surface area contributed by atoms with E-state index in [0.29, 0.717) is 0 Å². The normalized spacial score (nSPS) is 19.5. The fraction of sp³-hybridized carbons (Fsp3) is 0.318.